The van der Waals surface area contributed by atoms with Gasteiger partial charge in [-0.05, 0) is 12.8 Å². The molecule has 0 aromatic heterocycles. The van der Waals surface area contributed by atoms with Crippen molar-refractivity contribution in [2.75, 3.05) is 6.61 Å². The maximum absolute atomic E-state index is 12.2. The van der Waals surface area contributed by atoms with Crippen molar-refractivity contribution in [2.45, 2.75) is 43.7 Å². The van der Waals surface area contributed by atoms with Crippen molar-refractivity contribution < 1.29 is 34.4 Å². The summed E-state index contributed by atoms with van der Waals surface area (Å²) in [5, 5.41) is 32.9. The summed E-state index contributed by atoms with van der Waals surface area (Å²) in [6.45, 7) is 3.12. The fourth-order valence-electron chi connectivity index (χ4n) is 5.10. The summed E-state index contributed by atoms with van der Waals surface area (Å²) in [6, 6.07) is 0. The second-order valence-corrected chi connectivity index (χ2v) is 7.16. The van der Waals surface area contributed by atoms with Crippen LogP contribution in [-0.2, 0) is 19.1 Å². The highest BCUT2D eigenvalue weighted by atomic mass is 16.6. The average Bonchev–Trinajstić information content (AvgIpc) is 2.87. The van der Waals surface area contributed by atoms with Gasteiger partial charge in [0.05, 0.1) is 5.41 Å². The van der Waals surface area contributed by atoms with Crippen LogP contribution in [0.5, 0.6) is 0 Å². The van der Waals surface area contributed by atoms with Crippen molar-refractivity contribution in [1.82, 2.24) is 0 Å². The third-order valence-electron chi connectivity index (χ3n) is 6.59. The van der Waals surface area contributed by atoms with Gasteiger partial charge in [-0.1, -0.05) is 19.1 Å². The van der Waals surface area contributed by atoms with E-state index >= 15 is 0 Å². The van der Waals surface area contributed by atoms with Gasteiger partial charge in [0, 0.05) is 11.8 Å². The highest BCUT2D eigenvalue weighted by molar-refractivity contribution is 5.87. The van der Waals surface area contributed by atoms with E-state index in [1.54, 1.807) is 13.0 Å². The summed E-state index contributed by atoms with van der Waals surface area (Å²) in [5.41, 5.74) is -6.53. The number of aliphatic hydroxyl groups is 3. The van der Waals surface area contributed by atoms with E-state index in [0.29, 0.717) is 0 Å². The van der Waals surface area contributed by atoms with E-state index in [0.717, 1.165) is 0 Å². The summed E-state index contributed by atoms with van der Waals surface area (Å²) < 4.78 is 10.2. The number of hydrogen-bond donors (Lipinski definition) is 3. The normalized spacial score (nSPS) is 58.9. The number of cyclic esters (lactones) is 1. The standard InChI is InChI=1S/C15H18O7/c1-7-3-4-14(19)12(2)6-21-11(18)15(12,20)8-5-13(7,14)9(16)10(17)22-8/h3-4,7-9,16,19-20H,5-6H2,1-2H3. The van der Waals surface area contributed by atoms with Crippen LogP contribution in [0.4, 0.5) is 0 Å². The van der Waals surface area contributed by atoms with Gasteiger partial charge >= 0.3 is 11.9 Å². The van der Waals surface area contributed by atoms with Gasteiger partial charge in [0.1, 0.15) is 18.3 Å². The molecular formula is C15H18O7. The Morgan fingerprint density at radius 1 is 1.32 bits per heavy atom. The molecule has 3 fully saturated rings. The molecule has 2 aliphatic heterocycles. The zero-order chi connectivity index (χ0) is 16.1. The third kappa shape index (κ3) is 1.03. The van der Waals surface area contributed by atoms with Crippen LogP contribution < -0.4 is 0 Å². The molecule has 7 atom stereocenters. The Kier molecular flexibility index (Phi) is 2.29. The number of rotatable bonds is 0. The van der Waals surface area contributed by atoms with Gasteiger partial charge in [0.15, 0.2) is 6.10 Å². The molecule has 2 aliphatic carbocycles. The van der Waals surface area contributed by atoms with Gasteiger partial charge < -0.3 is 24.8 Å². The Labute approximate surface area is 126 Å². The minimum atomic E-state index is -2.13. The predicted molar refractivity (Wildman–Crippen MR) is 70.2 cm³/mol. The first kappa shape index (κ1) is 14.2. The molecule has 22 heavy (non-hydrogen) atoms. The zero-order valence-electron chi connectivity index (χ0n) is 12.3. The largest absolute Gasteiger partial charge is 0.463 e. The highest BCUT2D eigenvalue weighted by Crippen LogP contribution is 2.69. The van der Waals surface area contributed by atoms with Crippen LogP contribution in [0.1, 0.15) is 20.3 Å². The number of carbonyl (C=O) groups excluding carboxylic acids is 2. The Morgan fingerprint density at radius 3 is 2.68 bits per heavy atom. The van der Waals surface area contributed by atoms with Crippen LogP contribution in [0.3, 0.4) is 0 Å². The monoisotopic (exact) mass is 310 g/mol. The van der Waals surface area contributed by atoms with E-state index in [1.165, 1.54) is 13.0 Å². The van der Waals surface area contributed by atoms with Crippen molar-refractivity contribution in [3.8, 4) is 0 Å². The summed E-state index contributed by atoms with van der Waals surface area (Å²) in [5.74, 6) is -2.15. The Bertz CT molecular complexity index is 629. The summed E-state index contributed by atoms with van der Waals surface area (Å²) in [6.07, 6.45) is 0.509. The molecule has 0 aromatic carbocycles. The van der Waals surface area contributed by atoms with Crippen LogP contribution in [-0.4, -0.2) is 57.3 Å². The molecule has 0 radical (unpaired) electrons. The van der Waals surface area contributed by atoms with Crippen molar-refractivity contribution >= 4 is 11.9 Å². The molecule has 2 heterocycles. The van der Waals surface area contributed by atoms with Gasteiger partial charge in [-0.15, -0.1) is 0 Å². The molecular weight excluding hydrogens is 292 g/mol. The number of carbonyl (C=O) groups is 2. The first-order valence-corrected chi connectivity index (χ1v) is 7.35. The lowest BCUT2D eigenvalue weighted by Gasteiger charge is -2.64. The maximum Gasteiger partial charge on any atom is 0.342 e. The smallest absolute Gasteiger partial charge is 0.342 e. The number of fused-ring (bicyclic) bond motifs is 4. The molecule has 2 bridgehead atoms. The quantitative estimate of drug-likeness (QED) is 0.384. The maximum atomic E-state index is 12.2. The average molecular weight is 310 g/mol. The van der Waals surface area contributed by atoms with E-state index in [2.05, 4.69) is 0 Å². The second kappa shape index (κ2) is 3.55. The lowest BCUT2D eigenvalue weighted by Crippen LogP contribution is -2.80. The predicted octanol–water partition coefficient (Wildman–Crippen LogP) is -1.11. The first-order valence-electron chi connectivity index (χ1n) is 7.35. The molecule has 1 saturated carbocycles. The van der Waals surface area contributed by atoms with Crippen LogP contribution in [0.15, 0.2) is 12.2 Å². The second-order valence-electron chi connectivity index (χ2n) is 7.16. The minimum Gasteiger partial charge on any atom is -0.463 e. The van der Waals surface area contributed by atoms with Crippen LogP contribution in [0.25, 0.3) is 0 Å². The number of esters is 2. The van der Waals surface area contributed by atoms with Gasteiger partial charge in [-0.3, -0.25) is 0 Å². The molecule has 7 unspecified atom stereocenters. The Morgan fingerprint density at radius 2 is 2.00 bits per heavy atom. The van der Waals surface area contributed by atoms with E-state index < -0.39 is 46.2 Å². The summed E-state index contributed by atoms with van der Waals surface area (Å²) in [7, 11) is 0. The topological polar surface area (TPSA) is 113 Å². The number of ether oxygens (including phenoxy) is 2. The lowest BCUT2D eigenvalue weighted by molar-refractivity contribution is -0.310. The van der Waals surface area contributed by atoms with Crippen LogP contribution >= 0.6 is 0 Å². The molecule has 120 valence electrons. The zero-order valence-corrected chi connectivity index (χ0v) is 12.3. The molecule has 7 nitrogen and oxygen atoms in total. The van der Waals surface area contributed by atoms with Crippen molar-refractivity contribution in [2.24, 2.45) is 16.7 Å². The lowest BCUT2D eigenvalue weighted by atomic mass is 9.44. The van der Waals surface area contributed by atoms with E-state index in [9.17, 15) is 24.9 Å². The van der Waals surface area contributed by atoms with E-state index in [1.807, 2.05) is 0 Å². The van der Waals surface area contributed by atoms with Gasteiger partial charge in [-0.25, -0.2) is 9.59 Å². The minimum absolute atomic E-state index is 0.00817. The van der Waals surface area contributed by atoms with Crippen LogP contribution in [0, 0.1) is 16.7 Å². The summed E-state index contributed by atoms with van der Waals surface area (Å²) in [4.78, 5) is 24.3. The number of hydrogen-bond acceptors (Lipinski definition) is 7. The SMILES string of the molecule is CC1C=CC2(O)C13CC(OC(=O)C3O)C1(O)C(=O)OCC12C. The Balaban J connectivity index is 2.03. The molecule has 1 spiro atoms. The van der Waals surface area contributed by atoms with Crippen molar-refractivity contribution in [1.29, 1.82) is 0 Å². The molecule has 4 rings (SSSR count). The first-order chi connectivity index (χ1) is 10.1. The van der Waals surface area contributed by atoms with Crippen molar-refractivity contribution in [3.63, 3.8) is 0 Å². The fraction of sp³-hybridized carbons (Fsp3) is 0.733. The van der Waals surface area contributed by atoms with E-state index in [4.69, 9.17) is 9.47 Å². The molecule has 7 heteroatoms. The number of allylic oxidation sites excluding steroid dienone is 1. The van der Waals surface area contributed by atoms with Gasteiger partial charge in [-0.2, -0.15) is 0 Å². The Hall–Kier alpha value is -1.44. The molecule has 0 amide bonds. The fourth-order valence-corrected chi connectivity index (χ4v) is 5.10. The van der Waals surface area contributed by atoms with Crippen molar-refractivity contribution in [3.05, 3.63) is 12.2 Å². The third-order valence-corrected chi connectivity index (χ3v) is 6.59. The highest BCUT2D eigenvalue weighted by Gasteiger charge is 2.84. The molecule has 0 aromatic rings. The van der Waals surface area contributed by atoms with Crippen LogP contribution in [0.2, 0.25) is 0 Å². The molecule has 2 saturated heterocycles. The van der Waals surface area contributed by atoms with E-state index in [-0.39, 0.29) is 18.9 Å². The van der Waals surface area contributed by atoms with Gasteiger partial charge in [0.2, 0.25) is 5.60 Å². The number of aliphatic hydroxyl groups excluding tert-OH is 1. The summed E-state index contributed by atoms with van der Waals surface area (Å²) >= 11 is 0. The van der Waals surface area contributed by atoms with Gasteiger partial charge in [0.25, 0.3) is 0 Å². The molecule has 3 N–H and O–H groups in total. The molecule has 4 aliphatic rings.